The smallest absolute Gasteiger partial charge is 0.410 e. The van der Waals surface area contributed by atoms with E-state index in [2.05, 4.69) is 10.5 Å². The second kappa shape index (κ2) is 9.62. The largest absolute Gasteiger partial charge is 0.444 e. The Bertz CT molecular complexity index is 750. The highest BCUT2D eigenvalue weighted by molar-refractivity contribution is 5.93. The molecule has 1 aromatic carbocycles. The predicted molar refractivity (Wildman–Crippen MR) is 113 cm³/mol. The van der Waals surface area contributed by atoms with Crippen molar-refractivity contribution in [3.8, 4) is 0 Å². The number of aryl methyl sites for hydroxylation is 2. The molecule has 1 fully saturated rings. The molecule has 2 amide bonds. The van der Waals surface area contributed by atoms with Crippen LogP contribution in [0.3, 0.4) is 0 Å². The number of oxime groups is 1. The fourth-order valence-corrected chi connectivity index (χ4v) is 3.19. The van der Waals surface area contributed by atoms with Crippen LogP contribution in [0.1, 0.15) is 51.2 Å². The first-order valence-electron chi connectivity index (χ1n) is 9.89. The molecule has 8 nitrogen and oxygen atoms in total. The summed E-state index contributed by atoms with van der Waals surface area (Å²) in [6, 6.07) is 5.38. The van der Waals surface area contributed by atoms with E-state index in [4.69, 9.17) is 15.3 Å². The fraction of sp³-hybridized carbons (Fsp3) is 0.571. The Morgan fingerprint density at radius 2 is 1.90 bits per heavy atom. The van der Waals surface area contributed by atoms with Crippen LogP contribution < -0.4 is 11.1 Å². The van der Waals surface area contributed by atoms with Crippen LogP contribution >= 0.6 is 0 Å². The summed E-state index contributed by atoms with van der Waals surface area (Å²) in [4.78, 5) is 31.4. The van der Waals surface area contributed by atoms with Gasteiger partial charge < -0.3 is 20.6 Å². The monoisotopic (exact) mass is 404 g/mol. The number of piperidine rings is 1. The molecule has 1 aromatic rings. The zero-order valence-electron chi connectivity index (χ0n) is 17.9. The lowest BCUT2D eigenvalue weighted by Gasteiger charge is -2.36. The number of rotatable bonds is 5. The second-order valence-electron chi connectivity index (χ2n) is 8.29. The van der Waals surface area contributed by atoms with E-state index < -0.39 is 17.7 Å². The van der Waals surface area contributed by atoms with Crippen LogP contribution in [0.25, 0.3) is 0 Å². The van der Waals surface area contributed by atoms with E-state index in [0.717, 1.165) is 29.7 Å². The Morgan fingerprint density at radius 3 is 2.52 bits per heavy atom. The number of carbonyl (C=O) groups excluding carboxylic acids is 2. The Labute approximate surface area is 172 Å². The molecule has 2 rings (SSSR count). The molecule has 1 aliphatic heterocycles. The Morgan fingerprint density at radius 1 is 1.24 bits per heavy atom. The van der Waals surface area contributed by atoms with Crippen LogP contribution in [0.2, 0.25) is 0 Å². The Hall–Kier alpha value is -2.77. The zero-order chi connectivity index (χ0) is 21.6. The van der Waals surface area contributed by atoms with Crippen molar-refractivity contribution in [3.63, 3.8) is 0 Å². The Kier molecular flexibility index (Phi) is 7.47. The third kappa shape index (κ3) is 6.66. The van der Waals surface area contributed by atoms with Crippen LogP contribution in [0, 0.1) is 13.8 Å². The van der Waals surface area contributed by atoms with Gasteiger partial charge in [-0.25, -0.2) is 4.79 Å². The van der Waals surface area contributed by atoms with Gasteiger partial charge in [0.1, 0.15) is 5.60 Å². The molecule has 0 radical (unpaired) electrons. The lowest BCUT2D eigenvalue weighted by atomic mass is 10.0. The van der Waals surface area contributed by atoms with Crippen molar-refractivity contribution < 1.29 is 19.2 Å². The van der Waals surface area contributed by atoms with E-state index >= 15 is 0 Å². The van der Waals surface area contributed by atoms with Gasteiger partial charge in [-0.2, -0.15) is 0 Å². The van der Waals surface area contributed by atoms with Crippen molar-refractivity contribution in [1.82, 2.24) is 4.90 Å². The number of hydrogen-bond donors (Lipinski definition) is 2. The van der Waals surface area contributed by atoms with Crippen molar-refractivity contribution in [3.05, 3.63) is 29.3 Å². The van der Waals surface area contributed by atoms with E-state index in [1.54, 1.807) is 4.90 Å². The molecule has 1 unspecified atom stereocenters. The summed E-state index contributed by atoms with van der Waals surface area (Å²) in [6.07, 6.45) is 2.05. The molecule has 0 aromatic heterocycles. The van der Waals surface area contributed by atoms with Gasteiger partial charge in [-0.3, -0.25) is 9.69 Å². The number of anilines is 1. The van der Waals surface area contributed by atoms with Crippen LogP contribution in [-0.2, 0) is 14.4 Å². The number of likely N-dealkylation sites (tertiary alicyclic amines) is 1. The SMILES string of the molecule is Cc1cccc(C)c1NC(=O)CON=C(N)C1CCCCN1C(=O)OC(C)(C)C. The maximum atomic E-state index is 12.5. The van der Waals surface area contributed by atoms with Gasteiger partial charge in [-0.15, -0.1) is 0 Å². The van der Waals surface area contributed by atoms with Crippen molar-refractivity contribution in [2.45, 2.75) is 65.5 Å². The van der Waals surface area contributed by atoms with Gasteiger partial charge in [0.25, 0.3) is 5.91 Å². The van der Waals surface area contributed by atoms with Gasteiger partial charge in [0.05, 0.1) is 6.04 Å². The van der Waals surface area contributed by atoms with Crippen LogP contribution in [0.15, 0.2) is 23.4 Å². The summed E-state index contributed by atoms with van der Waals surface area (Å²) in [5.41, 5.74) is 8.18. The molecule has 0 saturated carbocycles. The fourth-order valence-electron chi connectivity index (χ4n) is 3.19. The van der Waals surface area contributed by atoms with Gasteiger partial charge in [-0.05, 0) is 65.0 Å². The standard InChI is InChI=1S/C21H32N4O4/c1-14-9-8-10-15(2)18(14)23-17(26)13-28-24-19(22)16-11-6-7-12-25(16)20(27)29-21(3,4)5/h8-10,16H,6-7,11-13H2,1-5H3,(H2,22,24)(H,23,26). The first-order valence-corrected chi connectivity index (χ1v) is 9.89. The molecule has 3 N–H and O–H groups in total. The van der Waals surface area contributed by atoms with Crippen LogP contribution in [-0.4, -0.2) is 47.5 Å². The number of amidine groups is 1. The van der Waals surface area contributed by atoms with Gasteiger partial charge in [0.15, 0.2) is 12.4 Å². The van der Waals surface area contributed by atoms with Crippen molar-refractivity contribution >= 4 is 23.5 Å². The average molecular weight is 405 g/mol. The molecule has 0 bridgehead atoms. The van der Waals surface area contributed by atoms with Gasteiger partial charge in [-0.1, -0.05) is 23.4 Å². The highest BCUT2D eigenvalue weighted by atomic mass is 16.6. The number of hydrogen-bond acceptors (Lipinski definition) is 5. The van der Waals surface area contributed by atoms with Crippen LogP contribution in [0.5, 0.6) is 0 Å². The number of carbonyl (C=O) groups is 2. The predicted octanol–water partition coefficient (Wildman–Crippen LogP) is 3.32. The van der Waals surface area contributed by atoms with E-state index in [0.29, 0.717) is 13.0 Å². The van der Waals surface area contributed by atoms with Crippen LogP contribution in [0.4, 0.5) is 10.5 Å². The second-order valence-corrected chi connectivity index (χ2v) is 8.29. The normalized spacial score (nSPS) is 17.6. The summed E-state index contributed by atoms with van der Waals surface area (Å²) in [6.45, 7) is 9.58. The van der Waals surface area contributed by atoms with E-state index in [-0.39, 0.29) is 18.3 Å². The summed E-state index contributed by atoms with van der Waals surface area (Å²) in [5, 5.41) is 6.71. The maximum Gasteiger partial charge on any atom is 0.410 e. The third-order valence-electron chi connectivity index (χ3n) is 4.58. The molecule has 0 spiro atoms. The van der Waals surface area contributed by atoms with E-state index in [1.165, 1.54) is 0 Å². The zero-order valence-corrected chi connectivity index (χ0v) is 17.9. The molecule has 0 aliphatic carbocycles. The minimum Gasteiger partial charge on any atom is -0.444 e. The molecule has 29 heavy (non-hydrogen) atoms. The van der Waals surface area contributed by atoms with Gasteiger partial charge >= 0.3 is 6.09 Å². The average Bonchev–Trinajstić information content (AvgIpc) is 2.63. The third-order valence-corrected chi connectivity index (χ3v) is 4.58. The summed E-state index contributed by atoms with van der Waals surface area (Å²) < 4.78 is 5.46. The lowest BCUT2D eigenvalue weighted by Crippen LogP contribution is -2.52. The molecule has 1 atom stereocenters. The van der Waals surface area contributed by atoms with Crippen molar-refractivity contribution in [2.75, 3.05) is 18.5 Å². The number of nitrogens with two attached hydrogens (primary N) is 1. The summed E-state index contributed by atoms with van der Waals surface area (Å²) >= 11 is 0. The van der Waals surface area contributed by atoms with Gasteiger partial charge in [0, 0.05) is 12.2 Å². The molecular formula is C21H32N4O4. The molecular weight excluding hydrogens is 372 g/mol. The highest BCUT2D eigenvalue weighted by Gasteiger charge is 2.33. The molecule has 1 saturated heterocycles. The minimum absolute atomic E-state index is 0.162. The van der Waals surface area contributed by atoms with E-state index in [9.17, 15) is 9.59 Å². The quantitative estimate of drug-likeness (QED) is 0.445. The highest BCUT2D eigenvalue weighted by Crippen LogP contribution is 2.21. The number of benzene rings is 1. The molecule has 8 heteroatoms. The maximum absolute atomic E-state index is 12.5. The van der Waals surface area contributed by atoms with E-state index in [1.807, 2.05) is 52.8 Å². The Balaban J connectivity index is 1.95. The first-order chi connectivity index (χ1) is 13.6. The number of nitrogens with one attached hydrogen (secondary N) is 1. The number of amides is 2. The van der Waals surface area contributed by atoms with Crippen molar-refractivity contribution in [1.29, 1.82) is 0 Å². The van der Waals surface area contributed by atoms with Gasteiger partial charge in [0.2, 0.25) is 0 Å². The first kappa shape index (κ1) is 22.5. The topological polar surface area (TPSA) is 106 Å². The molecule has 1 heterocycles. The molecule has 1 aliphatic rings. The lowest BCUT2D eigenvalue weighted by molar-refractivity contribution is -0.120. The minimum atomic E-state index is -0.590. The van der Waals surface area contributed by atoms with Crippen molar-refractivity contribution in [2.24, 2.45) is 10.9 Å². The number of ether oxygens (including phenoxy) is 1. The summed E-state index contributed by atoms with van der Waals surface area (Å²) in [5.74, 6) is -0.165. The summed E-state index contributed by atoms with van der Waals surface area (Å²) in [7, 11) is 0. The molecule has 160 valence electrons. The number of nitrogens with zero attached hydrogens (tertiary/aromatic N) is 2. The number of para-hydroxylation sites is 1.